The van der Waals surface area contributed by atoms with E-state index in [4.69, 9.17) is 11.6 Å². The number of hydrogen-bond acceptors (Lipinski definition) is 4. The van der Waals surface area contributed by atoms with Crippen molar-refractivity contribution in [3.8, 4) is 0 Å². The van der Waals surface area contributed by atoms with Crippen LogP contribution < -0.4 is 0 Å². The highest BCUT2D eigenvalue weighted by Gasteiger charge is 2.28. The van der Waals surface area contributed by atoms with Crippen molar-refractivity contribution >= 4 is 33.0 Å². The van der Waals surface area contributed by atoms with Crippen LogP contribution in [-0.4, -0.2) is 23.7 Å². The van der Waals surface area contributed by atoms with Crippen LogP contribution in [0.25, 0.3) is 0 Å². The third-order valence-corrected chi connectivity index (χ3v) is 6.10. The highest BCUT2D eigenvalue weighted by atomic mass is 35.5. The Kier molecular flexibility index (Phi) is 5.37. The molecule has 2 aromatic heterocycles. The number of hydrogen-bond donors (Lipinski definition) is 0. The van der Waals surface area contributed by atoms with Crippen molar-refractivity contribution in [2.75, 3.05) is 0 Å². The molecule has 4 nitrogen and oxygen atoms in total. The van der Waals surface area contributed by atoms with E-state index in [9.17, 15) is 8.42 Å². The predicted octanol–water partition coefficient (Wildman–Crippen LogP) is 3.48. The number of nitrogens with zero attached hydrogens (tertiary/aromatic N) is 2. The fourth-order valence-corrected chi connectivity index (χ4v) is 4.34. The molecule has 2 rings (SSSR count). The second kappa shape index (κ2) is 6.87. The first-order chi connectivity index (χ1) is 9.95. The van der Waals surface area contributed by atoms with Crippen molar-refractivity contribution in [1.82, 2.24) is 9.29 Å². The standard InChI is InChI=1S/C14H17ClN2O2S2/c1-11(2)17(10-13-4-3-7-20-13)21(18,19)14-6-5-12(8-15)9-16-14/h3-7,9,11H,8,10H2,1-2H3. The number of rotatable bonds is 6. The van der Waals surface area contributed by atoms with Crippen LogP contribution in [0, 0.1) is 0 Å². The van der Waals surface area contributed by atoms with Crippen LogP contribution in [0.5, 0.6) is 0 Å². The van der Waals surface area contributed by atoms with Crippen molar-refractivity contribution in [3.05, 3.63) is 46.3 Å². The Balaban J connectivity index is 2.32. The number of alkyl halides is 1. The molecule has 0 bridgehead atoms. The molecule has 0 spiro atoms. The van der Waals surface area contributed by atoms with Gasteiger partial charge >= 0.3 is 0 Å². The van der Waals surface area contributed by atoms with E-state index in [0.717, 1.165) is 10.4 Å². The van der Waals surface area contributed by atoms with Crippen molar-refractivity contribution in [3.63, 3.8) is 0 Å². The van der Waals surface area contributed by atoms with Gasteiger partial charge in [0.25, 0.3) is 10.0 Å². The first kappa shape index (κ1) is 16.4. The third-order valence-electron chi connectivity index (χ3n) is 2.99. The van der Waals surface area contributed by atoms with E-state index in [0.29, 0.717) is 12.4 Å². The molecular weight excluding hydrogens is 328 g/mol. The lowest BCUT2D eigenvalue weighted by atomic mass is 10.3. The summed E-state index contributed by atoms with van der Waals surface area (Å²) >= 11 is 7.24. The van der Waals surface area contributed by atoms with E-state index in [1.54, 1.807) is 17.4 Å². The number of pyridine rings is 1. The van der Waals surface area contributed by atoms with E-state index < -0.39 is 10.0 Å². The minimum absolute atomic E-state index is 0.0571. The third kappa shape index (κ3) is 3.83. The van der Waals surface area contributed by atoms with Gasteiger partial charge in [0.05, 0.1) is 0 Å². The highest BCUT2D eigenvalue weighted by Crippen LogP contribution is 2.22. The van der Waals surface area contributed by atoms with Crippen LogP contribution in [0.1, 0.15) is 24.3 Å². The molecule has 0 amide bonds. The average Bonchev–Trinajstić information content (AvgIpc) is 2.97. The Morgan fingerprint density at radius 1 is 1.33 bits per heavy atom. The van der Waals surface area contributed by atoms with Crippen molar-refractivity contribution in [1.29, 1.82) is 0 Å². The molecule has 0 fully saturated rings. The molecule has 0 saturated carbocycles. The zero-order valence-electron chi connectivity index (χ0n) is 11.9. The zero-order valence-corrected chi connectivity index (χ0v) is 14.2. The summed E-state index contributed by atoms with van der Waals surface area (Å²) in [4.78, 5) is 5.05. The summed E-state index contributed by atoms with van der Waals surface area (Å²) in [7, 11) is -3.62. The lowest BCUT2D eigenvalue weighted by Gasteiger charge is -2.24. The molecule has 0 unspecified atom stereocenters. The number of halogens is 1. The number of sulfonamides is 1. The second-order valence-electron chi connectivity index (χ2n) is 4.86. The maximum Gasteiger partial charge on any atom is 0.261 e. The van der Waals surface area contributed by atoms with E-state index in [1.807, 2.05) is 31.4 Å². The van der Waals surface area contributed by atoms with E-state index in [1.165, 1.54) is 16.6 Å². The Bertz CT molecular complexity index is 668. The fraction of sp³-hybridized carbons (Fsp3) is 0.357. The Labute approximate surface area is 134 Å². The number of thiophene rings is 1. The van der Waals surface area contributed by atoms with Gasteiger partial charge in [-0.15, -0.1) is 22.9 Å². The quantitative estimate of drug-likeness (QED) is 0.754. The molecule has 0 aliphatic heterocycles. The first-order valence-corrected chi connectivity index (χ1v) is 9.35. The van der Waals surface area contributed by atoms with E-state index >= 15 is 0 Å². The fourth-order valence-electron chi connectivity index (χ4n) is 1.86. The van der Waals surface area contributed by atoms with Gasteiger partial charge in [0.1, 0.15) is 0 Å². The second-order valence-corrected chi connectivity index (χ2v) is 8.00. The minimum atomic E-state index is -3.62. The van der Waals surface area contributed by atoms with Gasteiger partial charge in [0.15, 0.2) is 5.03 Å². The Hall–Kier alpha value is -0.950. The monoisotopic (exact) mass is 344 g/mol. The summed E-state index contributed by atoms with van der Waals surface area (Å²) in [6.07, 6.45) is 1.50. The Morgan fingerprint density at radius 2 is 2.10 bits per heavy atom. The van der Waals surface area contributed by atoms with Crippen molar-refractivity contribution < 1.29 is 8.42 Å². The van der Waals surface area contributed by atoms with E-state index in [-0.39, 0.29) is 11.1 Å². The molecular formula is C14H17ClN2O2S2. The SMILES string of the molecule is CC(C)N(Cc1cccs1)S(=O)(=O)c1ccc(CCl)cn1. The van der Waals surface area contributed by atoms with E-state index in [2.05, 4.69) is 4.98 Å². The molecule has 0 radical (unpaired) electrons. The molecule has 0 aliphatic rings. The lowest BCUT2D eigenvalue weighted by molar-refractivity contribution is 0.349. The topological polar surface area (TPSA) is 50.3 Å². The van der Waals surface area contributed by atoms with Crippen LogP contribution in [0.15, 0.2) is 40.9 Å². The summed E-state index contributed by atoms with van der Waals surface area (Å²) in [5.74, 6) is 0.316. The van der Waals surface area contributed by atoms with Crippen LogP contribution in [-0.2, 0) is 22.4 Å². The maximum absolute atomic E-state index is 12.7. The maximum atomic E-state index is 12.7. The van der Waals surface area contributed by atoms with Gasteiger partial charge in [-0.1, -0.05) is 12.1 Å². The smallest absolute Gasteiger partial charge is 0.243 e. The summed E-state index contributed by atoms with van der Waals surface area (Å²) in [5, 5.41) is 2.00. The van der Waals surface area contributed by atoms with Gasteiger partial charge in [-0.25, -0.2) is 13.4 Å². The first-order valence-electron chi connectivity index (χ1n) is 6.50. The summed E-state index contributed by atoms with van der Waals surface area (Å²) in [5.41, 5.74) is 0.796. The summed E-state index contributed by atoms with van der Waals surface area (Å²) in [6.45, 7) is 4.08. The number of aromatic nitrogens is 1. The molecule has 0 N–H and O–H groups in total. The molecule has 2 aromatic rings. The molecule has 7 heteroatoms. The normalized spacial score (nSPS) is 12.2. The molecule has 0 aromatic carbocycles. The van der Waals surface area contributed by atoms with Crippen LogP contribution >= 0.6 is 22.9 Å². The van der Waals surface area contributed by atoms with Gasteiger partial charge in [0, 0.05) is 29.5 Å². The Morgan fingerprint density at radius 3 is 2.57 bits per heavy atom. The predicted molar refractivity (Wildman–Crippen MR) is 86.0 cm³/mol. The largest absolute Gasteiger partial charge is 0.261 e. The van der Waals surface area contributed by atoms with Crippen LogP contribution in [0.2, 0.25) is 0 Å². The minimum Gasteiger partial charge on any atom is -0.243 e. The highest BCUT2D eigenvalue weighted by molar-refractivity contribution is 7.89. The summed E-state index contributed by atoms with van der Waals surface area (Å²) < 4.78 is 26.9. The summed E-state index contributed by atoms with van der Waals surface area (Å²) in [6, 6.07) is 6.90. The van der Waals surface area contributed by atoms with Gasteiger partial charge in [-0.05, 0) is 36.9 Å². The van der Waals surface area contributed by atoms with Crippen molar-refractivity contribution in [2.45, 2.75) is 37.3 Å². The molecule has 114 valence electrons. The average molecular weight is 345 g/mol. The molecule has 0 saturated heterocycles. The van der Waals surface area contributed by atoms with Gasteiger partial charge < -0.3 is 0 Å². The lowest BCUT2D eigenvalue weighted by Crippen LogP contribution is -2.36. The zero-order chi connectivity index (χ0) is 15.5. The van der Waals surface area contributed by atoms with Gasteiger partial charge in [-0.3, -0.25) is 0 Å². The van der Waals surface area contributed by atoms with Gasteiger partial charge in [-0.2, -0.15) is 4.31 Å². The molecule has 21 heavy (non-hydrogen) atoms. The molecule has 0 atom stereocenters. The molecule has 0 aliphatic carbocycles. The van der Waals surface area contributed by atoms with Crippen molar-refractivity contribution in [2.24, 2.45) is 0 Å². The van der Waals surface area contributed by atoms with Crippen LogP contribution in [0.3, 0.4) is 0 Å². The molecule has 2 heterocycles. The van der Waals surface area contributed by atoms with Crippen LogP contribution in [0.4, 0.5) is 0 Å². The van der Waals surface area contributed by atoms with Gasteiger partial charge in [0.2, 0.25) is 0 Å².